The van der Waals surface area contributed by atoms with Crippen LogP contribution in [0.1, 0.15) is 40.8 Å². The average molecular weight is 342 g/mol. The number of hydrogen-bond donors (Lipinski definition) is 0. The van der Waals surface area contributed by atoms with Crippen molar-refractivity contribution in [3.8, 4) is 0 Å². The van der Waals surface area contributed by atoms with Gasteiger partial charge in [-0.25, -0.2) is 4.63 Å². The summed E-state index contributed by atoms with van der Waals surface area (Å²) in [6.45, 7) is 11.6. The van der Waals surface area contributed by atoms with E-state index in [0.717, 1.165) is 28.5 Å². The Bertz CT molecular complexity index is 520. The molecule has 0 atom stereocenters. The van der Waals surface area contributed by atoms with Gasteiger partial charge < -0.3 is 0 Å². The molecule has 0 aliphatic heterocycles. The van der Waals surface area contributed by atoms with Gasteiger partial charge in [0.1, 0.15) is 11.4 Å². The molecule has 0 N–H and O–H groups in total. The van der Waals surface area contributed by atoms with Crippen LogP contribution in [-0.2, 0) is 0 Å². The SMILES string of the molecule is C.Cc1nnsc1C.Cc1nonc1C.Cc1nsnc1C. The molecule has 7 nitrogen and oxygen atoms in total. The van der Waals surface area contributed by atoms with Crippen LogP contribution < -0.4 is 0 Å². The Balaban J connectivity index is 0.000000294. The summed E-state index contributed by atoms with van der Waals surface area (Å²) in [6.07, 6.45) is 0. The highest BCUT2D eigenvalue weighted by molar-refractivity contribution is 7.05. The normalized spacial score (nSPS) is 9.00. The molecule has 22 heavy (non-hydrogen) atoms. The number of aryl methyl sites for hydroxylation is 6. The van der Waals surface area contributed by atoms with Gasteiger partial charge in [-0.15, -0.1) is 5.10 Å². The molecule has 3 rings (SSSR count). The van der Waals surface area contributed by atoms with Crippen LogP contribution in [0, 0.1) is 41.5 Å². The predicted molar refractivity (Wildman–Crippen MR) is 89.3 cm³/mol. The first-order chi connectivity index (χ1) is 9.91. The van der Waals surface area contributed by atoms with Crippen LogP contribution in [0.15, 0.2) is 4.63 Å². The molecule has 0 bridgehead atoms. The van der Waals surface area contributed by atoms with Gasteiger partial charge in [0.05, 0.1) is 28.8 Å². The fourth-order valence-corrected chi connectivity index (χ4v) is 1.84. The van der Waals surface area contributed by atoms with E-state index in [1.165, 1.54) is 28.1 Å². The third-order valence-corrected chi connectivity index (χ3v) is 4.08. The molecule has 0 saturated carbocycles. The van der Waals surface area contributed by atoms with Crippen molar-refractivity contribution in [1.29, 1.82) is 0 Å². The van der Waals surface area contributed by atoms with Crippen molar-refractivity contribution in [3.63, 3.8) is 0 Å². The van der Waals surface area contributed by atoms with Crippen LogP contribution in [0.3, 0.4) is 0 Å². The number of hydrogen-bond acceptors (Lipinski definition) is 9. The third kappa shape index (κ3) is 6.81. The summed E-state index contributed by atoms with van der Waals surface area (Å²) in [7, 11) is 0. The Morgan fingerprint density at radius 1 is 0.727 bits per heavy atom. The minimum Gasteiger partial charge on any atom is -0.244 e. The van der Waals surface area contributed by atoms with E-state index in [0.29, 0.717) is 0 Å². The highest BCUT2D eigenvalue weighted by Crippen LogP contribution is 2.04. The molecule has 3 aromatic rings. The fraction of sp³-hybridized carbons (Fsp3) is 0.538. The van der Waals surface area contributed by atoms with Gasteiger partial charge in [0.25, 0.3) is 0 Å². The Hall–Kier alpha value is -1.74. The van der Waals surface area contributed by atoms with Gasteiger partial charge in [-0.3, -0.25) is 0 Å². The highest BCUT2D eigenvalue weighted by Gasteiger charge is 1.93. The quantitative estimate of drug-likeness (QED) is 0.616. The molecule has 122 valence electrons. The lowest BCUT2D eigenvalue weighted by molar-refractivity contribution is 0.302. The summed E-state index contributed by atoms with van der Waals surface area (Å²) in [6, 6.07) is 0. The molecule has 0 saturated heterocycles. The summed E-state index contributed by atoms with van der Waals surface area (Å²) < 4.78 is 16.0. The Morgan fingerprint density at radius 2 is 1.23 bits per heavy atom. The molecule has 0 amide bonds. The van der Waals surface area contributed by atoms with Crippen LogP contribution in [0.5, 0.6) is 0 Å². The molecular weight excluding hydrogens is 320 g/mol. The predicted octanol–water partition coefficient (Wildman–Crippen LogP) is 3.63. The minimum absolute atomic E-state index is 0. The van der Waals surface area contributed by atoms with E-state index in [-0.39, 0.29) is 7.43 Å². The van der Waals surface area contributed by atoms with E-state index in [2.05, 4.69) is 33.3 Å². The van der Waals surface area contributed by atoms with E-state index < -0.39 is 0 Å². The molecule has 0 aliphatic rings. The van der Waals surface area contributed by atoms with Gasteiger partial charge in [0, 0.05) is 4.88 Å². The molecule has 0 unspecified atom stereocenters. The van der Waals surface area contributed by atoms with Gasteiger partial charge in [-0.05, 0) is 53.1 Å². The Kier molecular flexibility index (Phi) is 9.27. The maximum absolute atomic E-state index is 4.34. The topological polar surface area (TPSA) is 90.5 Å². The minimum atomic E-state index is 0. The standard InChI is InChI=1S/C4H6N2O.2C4H6N2S.CH4/c1-3-4(2)6-7-5-3;1-3-4(2)7-6-5-3;1-3-4(2)6-7-5-3;/h3*1-2H3;1H4. The second-order valence-electron chi connectivity index (χ2n) is 4.28. The fourth-order valence-electron chi connectivity index (χ4n) is 0.829. The second kappa shape index (κ2) is 10.1. The Labute approximate surface area is 139 Å². The molecule has 0 radical (unpaired) electrons. The second-order valence-corrected chi connectivity index (χ2v) is 5.77. The van der Waals surface area contributed by atoms with Gasteiger partial charge in [0.15, 0.2) is 0 Å². The molecule has 3 aromatic heterocycles. The Morgan fingerprint density at radius 3 is 1.36 bits per heavy atom. The van der Waals surface area contributed by atoms with Crippen LogP contribution in [0.4, 0.5) is 0 Å². The molecular formula is C13H22N6OS2. The first-order valence-corrected chi connectivity index (χ1v) is 7.69. The van der Waals surface area contributed by atoms with Crippen molar-refractivity contribution in [3.05, 3.63) is 33.3 Å². The van der Waals surface area contributed by atoms with Crippen LogP contribution >= 0.6 is 23.3 Å². The molecule has 0 spiro atoms. The largest absolute Gasteiger partial charge is 0.244 e. The lowest BCUT2D eigenvalue weighted by atomic mass is 10.4. The van der Waals surface area contributed by atoms with Crippen molar-refractivity contribution >= 4 is 23.3 Å². The van der Waals surface area contributed by atoms with Crippen molar-refractivity contribution in [2.24, 2.45) is 0 Å². The first-order valence-electron chi connectivity index (χ1n) is 6.19. The lowest BCUT2D eigenvalue weighted by Gasteiger charge is -1.75. The molecule has 9 heteroatoms. The van der Waals surface area contributed by atoms with E-state index in [4.69, 9.17) is 0 Å². The number of aromatic nitrogens is 6. The summed E-state index contributed by atoms with van der Waals surface area (Å²) in [4.78, 5) is 1.21. The van der Waals surface area contributed by atoms with E-state index >= 15 is 0 Å². The zero-order chi connectivity index (χ0) is 15.8. The number of nitrogens with zero attached hydrogens (tertiary/aromatic N) is 6. The van der Waals surface area contributed by atoms with Gasteiger partial charge >= 0.3 is 0 Å². The highest BCUT2D eigenvalue weighted by atomic mass is 32.1. The molecule has 3 heterocycles. The van der Waals surface area contributed by atoms with E-state index in [1.807, 2.05) is 41.5 Å². The van der Waals surface area contributed by atoms with Gasteiger partial charge in [-0.1, -0.05) is 22.2 Å². The van der Waals surface area contributed by atoms with E-state index in [9.17, 15) is 0 Å². The van der Waals surface area contributed by atoms with Crippen LogP contribution in [-0.4, -0.2) is 28.6 Å². The summed E-state index contributed by atoms with van der Waals surface area (Å²) in [5, 5.41) is 10.8. The summed E-state index contributed by atoms with van der Waals surface area (Å²) in [5.74, 6) is 0. The van der Waals surface area contributed by atoms with Crippen molar-refractivity contribution < 1.29 is 4.63 Å². The van der Waals surface area contributed by atoms with Gasteiger partial charge in [0.2, 0.25) is 0 Å². The van der Waals surface area contributed by atoms with Crippen molar-refractivity contribution in [2.75, 3.05) is 0 Å². The molecule has 0 aliphatic carbocycles. The summed E-state index contributed by atoms with van der Waals surface area (Å²) in [5.41, 5.74) is 4.86. The summed E-state index contributed by atoms with van der Waals surface area (Å²) >= 11 is 2.71. The maximum atomic E-state index is 4.34. The third-order valence-electron chi connectivity index (χ3n) is 2.64. The van der Waals surface area contributed by atoms with Gasteiger partial charge in [-0.2, -0.15) is 8.75 Å². The molecule has 0 aromatic carbocycles. The zero-order valence-corrected chi connectivity index (χ0v) is 14.5. The van der Waals surface area contributed by atoms with Crippen molar-refractivity contribution in [1.82, 2.24) is 28.6 Å². The maximum Gasteiger partial charge on any atom is 0.104 e. The zero-order valence-electron chi connectivity index (χ0n) is 12.9. The smallest absolute Gasteiger partial charge is 0.104 e. The number of rotatable bonds is 0. The van der Waals surface area contributed by atoms with Crippen molar-refractivity contribution in [2.45, 2.75) is 49.0 Å². The monoisotopic (exact) mass is 342 g/mol. The first kappa shape index (κ1) is 20.3. The van der Waals surface area contributed by atoms with E-state index in [1.54, 1.807) is 0 Å². The van der Waals surface area contributed by atoms with Crippen LogP contribution in [0.2, 0.25) is 0 Å². The average Bonchev–Trinajstić information content (AvgIpc) is 3.11. The van der Waals surface area contributed by atoms with Crippen LogP contribution in [0.25, 0.3) is 0 Å². The molecule has 0 fully saturated rings. The lowest BCUT2D eigenvalue weighted by Crippen LogP contribution is -1.71.